The molecule has 0 spiro atoms. The molecule has 1 amide bonds. The fraction of sp³-hybridized carbons (Fsp3) is 0.174. The summed E-state index contributed by atoms with van der Waals surface area (Å²) < 4.78 is 40.4. The molecule has 1 aliphatic rings. The van der Waals surface area contributed by atoms with Crippen LogP contribution in [0.15, 0.2) is 72.1 Å². The molecule has 0 saturated heterocycles. The van der Waals surface area contributed by atoms with E-state index in [1.165, 1.54) is 12.1 Å². The van der Waals surface area contributed by atoms with E-state index in [-0.39, 0.29) is 11.6 Å². The normalized spacial score (nSPS) is 16.2. The highest BCUT2D eigenvalue weighted by Crippen LogP contribution is 2.31. The second kappa shape index (κ2) is 8.11. The van der Waals surface area contributed by atoms with Gasteiger partial charge in [0.05, 0.1) is 11.8 Å². The molecule has 0 radical (unpaired) electrons. The Morgan fingerprint density at radius 2 is 2.10 bits per heavy atom. The van der Waals surface area contributed by atoms with Gasteiger partial charge >= 0.3 is 6.18 Å². The Kier molecular flexibility index (Phi) is 5.34. The van der Waals surface area contributed by atoms with Crippen molar-refractivity contribution in [3.05, 3.63) is 83.3 Å². The van der Waals surface area contributed by atoms with E-state index in [0.29, 0.717) is 23.3 Å². The van der Waals surface area contributed by atoms with Crippen molar-refractivity contribution in [2.24, 2.45) is 5.92 Å². The van der Waals surface area contributed by atoms with E-state index in [1.807, 2.05) is 12.1 Å². The van der Waals surface area contributed by atoms with E-state index in [0.717, 1.165) is 17.7 Å². The number of benzene rings is 1. The number of allylic oxidation sites excluding steroid dienone is 2. The van der Waals surface area contributed by atoms with Gasteiger partial charge in [0.2, 0.25) is 0 Å². The van der Waals surface area contributed by atoms with E-state index >= 15 is 0 Å². The number of fused-ring (bicyclic) bond motifs is 1. The SMILES string of the molecule is CC1=CCC(C#Cc2cnc3cccnn23)C=C1C(=O)Nc1cccc(C(F)(F)F)c1. The van der Waals surface area contributed by atoms with Crippen molar-refractivity contribution in [2.45, 2.75) is 19.5 Å². The zero-order valence-electron chi connectivity index (χ0n) is 16.4. The van der Waals surface area contributed by atoms with Crippen LogP contribution in [0.25, 0.3) is 5.65 Å². The van der Waals surface area contributed by atoms with Crippen LogP contribution in [-0.2, 0) is 11.0 Å². The van der Waals surface area contributed by atoms with Gasteiger partial charge in [0.1, 0.15) is 5.69 Å². The molecule has 1 aromatic carbocycles. The number of aromatic nitrogens is 3. The number of halogens is 3. The molecule has 4 rings (SSSR count). The van der Waals surface area contributed by atoms with Crippen LogP contribution >= 0.6 is 0 Å². The highest BCUT2D eigenvalue weighted by molar-refractivity contribution is 6.07. The maximum atomic E-state index is 12.9. The van der Waals surface area contributed by atoms with E-state index in [9.17, 15) is 18.0 Å². The Balaban J connectivity index is 1.54. The van der Waals surface area contributed by atoms with Crippen molar-refractivity contribution in [3.63, 3.8) is 0 Å². The molecule has 1 aliphatic carbocycles. The van der Waals surface area contributed by atoms with E-state index in [4.69, 9.17) is 0 Å². The lowest BCUT2D eigenvalue weighted by molar-refractivity contribution is -0.137. The first kappa shape index (κ1) is 20.4. The number of hydrogen-bond donors (Lipinski definition) is 1. The third-order valence-corrected chi connectivity index (χ3v) is 4.83. The highest BCUT2D eigenvalue weighted by Gasteiger charge is 2.30. The number of carbonyl (C=O) groups excluding carboxylic acids is 1. The molecule has 1 unspecified atom stereocenters. The number of alkyl halides is 3. The van der Waals surface area contributed by atoms with Gasteiger partial charge in [0.25, 0.3) is 5.91 Å². The monoisotopic (exact) mass is 422 g/mol. The predicted octanol–water partition coefficient (Wildman–Crippen LogP) is 4.63. The first-order valence-corrected chi connectivity index (χ1v) is 9.49. The maximum absolute atomic E-state index is 12.9. The first-order chi connectivity index (χ1) is 14.8. The smallest absolute Gasteiger partial charge is 0.322 e. The molecule has 2 heterocycles. The lowest BCUT2D eigenvalue weighted by Gasteiger charge is -2.17. The summed E-state index contributed by atoms with van der Waals surface area (Å²) >= 11 is 0. The maximum Gasteiger partial charge on any atom is 0.416 e. The summed E-state index contributed by atoms with van der Waals surface area (Å²) in [5.41, 5.74) is 1.71. The third-order valence-electron chi connectivity index (χ3n) is 4.83. The van der Waals surface area contributed by atoms with Gasteiger partial charge in [0.15, 0.2) is 5.65 Å². The van der Waals surface area contributed by atoms with Gasteiger partial charge in [-0.2, -0.15) is 18.3 Å². The summed E-state index contributed by atoms with van der Waals surface area (Å²) in [5, 5.41) is 6.76. The molecule has 8 heteroatoms. The number of nitrogens with zero attached hydrogens (tertiary/aromatic N) is 3. The molecule has 2 aromatic heterocycles. The minimum Gasteiger partial charge on any atom is -0.322 e. The summed E-state index contributed by atoms with van der Waals surface area (Å²) in [6.45, 7) is 1.79. The van der Waals surface area contributed by atoms with Crippen LogP contribution in [0.3, 0.4) is 0 Å². The van der Waals surface area contributed by atoms with Gasteiger partial charge in [-0.15, -0.1) is 0 Å². The van der Waals surface area contributed by atoms with Crippen LogP contribution in [-0.4, -0.2) is 20.5 Å². The Morgan fingerprint density at radius 3 is 2.90 bits per heavy atom. The van der Waals surface area contributed by atoms with Crippen molar-refractivity contribution in [1.29, 1.82) is 0 Å². The van der Waals surface area contributed by atoms with Crippen LogP contribution in [0.2, 0.25) is 0 Å². The molecule has 31 heavy (non-hydrogen) atoms. The minimum atomic E-state index is -4.48. The molecule has 1 N–H and O–H groups in total. The number of imidazole rings is 1. The van der Waals surface area contributed by atoms with Crippen molar-refractivity contribution in [2.75, 3.05) is 5.32 Å². The molecular weight excluding hydrogens is 405 g/mol. The summed E-state index contributed by atoms with van der Waals surface area (Å²) in [6.07, 6.45) is 3.05. The van der Waals surface area contributed by atoms with Crippen molar-refractivity contribution >= 4 is 17.2 Å². The van der Waals surface area contributed by atoms with Crippen molar-refractivity contribution in [3.8, 4) is 11.8 Å². The van der Waals surface area contributed by atoms with E-state index < -0.39 is 17.6 Å². The fourth-order valence-electron chi connectivity index (χ4n) is 3.22. The molecular formula is C23H17F3N4O. The van der Waals surface area contributed by atoms with Gasteiger partial charge in [-0.25, -0.2) is 9.50 Å². The molecule has 0 aliphatic heterocycles. The van der Waals surface area contributed by atoms with E-state index in [2.05, 4.69) is 27.2 Å². The van der Waals surface area contributed by atoms with Crippen LogP contribution in [0.1, 0.15) is 24.6 Å². The second-order valence-electron chi connectivity index (χ2n) is 7.05. The van der Waals surface area contributed by atoms with Gasteiger partial charge in [-0.3, -0.25) is 4.79 Å². The summed E-state index contributed by atoms with van der Waals surface area (Å²) in [7, 11) is 0. The van der Waals surface area contributed by atoms with Crippen LogP contribution < -0.4 is 5.32 Å². The lowest BCUT2D eigenvalue weighted by Crippen LogP contribution is -2.18. The Bertz CT molecular complexity index is 1270. The number of hydrogen-bond acceptors (Lipinski definition) is 3. The Hall–Kier alpha value is -3.86. The highest BCUT2D eigenvalue weighted by atomic mass is 19.4. The van der Waals surface area contributed by atoms with Gasteiger partial charge in [-0.05, 0) is 55.2 Å². The minimum absolute atomic E-state index is 0.0820. The van der Waals surface area contributed by atoms with Crippen LogP contribution in [0.4, 0.5) is 18.9 Å². The molecule has 0 saturated carbocycles. The van der Waals surface area contributed by atoms with Crippen molar-refractivity contribution < 1.29 is 18.0 Å². The first-order valence-electron chi connectivity index (χ1n) is 9.49. The molecule has 0 fully saturated rings. The summed E-state index contributed by atoms with van der Waals surface area (Å²) in [6, 6.07) is 8.16. The quantitative estimate of drug-likeness (QED) is 0.613. The molecule has 5 nitrogen and oxygen atoms in total. The second-order valence-corrected chi connectivity index (χ2v) is 7.05. The molecule has 1 atom stereocenters. The van der Waals surface area contributed by atoms with Crippen LogP contribution in [0.5, 0.6) is 0 Å². The average molecular weight is 422 g/mol. The lowest BCUT2D eigenvalue weighted by atomic mass is 9.91. The average Bonchev–Trinajstić information content (AvgIpc) is 3.16. The summed E-state index contributed by atoms with van der Waals surface area (Å²) in [4.78, 5) is 17.0. The zero-order chi connectivity index (χ0) is 22.0. The number of carbonyl (C=O) groups is 1. The van der Waals surface area contributed by atoms with Gasteiger partial charge in [-0.1, -0.05) is 24.1 Å². The van der Waals surface area contributed by atoms with Crippen LogP contribution in [0, 0.1) is 17.8 Å². The Labute approximate surface area is 176 Å². The number of rotatable bonds is 2. The fourth-order valence-corrected chi connectivity index (χ4v) is 3.22. The number of anilines is 1. The number of nitrogens with one attached hydrogen (secondary N) is 1. The van der Waals surface area contributed by atoms with Gasteiger partial charge in [0, 0.05) is 23.4 Å². The van der Waals surface area contributed by atoms with Gasteiger partial charge < -0.3 is 5.32 Å². The van der Waals surface area contributed by atoms with E-state index in [1.54, 1.807) is 36.0 Å². The largest absolute Gasteiger partial charge is 0.416 e. The summed E-state index contributed by atoms with van der Waals surface area (Å²) in [5.74, 6) is 5.46. The molecule has 3 aromatic rings. The molecule has 156 valence electrons. The zero-order valence-corrected chi connectivity index (χ0v) is 16.4. The van der Waals surface area contributed by atoms with Crippen molar-refractivity contribution in [1.82, 2.24) is 14.6 Å². The molecule has 0 bridgehead atoms. The number of amides is 1. The Morgan fingerprint density at radius 1 is 1.26 bits per heavy atom. The topological polar surface area (TPSA) is 59.3 Å². The third kappa shape index (κ3) is 4.51. The standard InChI is InChI=1S/C23H17F3N4O/c1-15-7-8-16(9-10-19-14-27-21-6-3-11-28-30(19)21)12-20(15)22(31)29-18-5-2-4-17(13-18)23(24,25)26/h2-7,11-14,16H,8H2,1H3,(H,29,31). The predicted molar refractivity (Wildman–Crippen MR) is 110 cm³/mol.